The second-order valence-corrected chi connectivity index (χ2v) is 9.22. The van der Waals surface area contributed by atoms with E-state index < -0.39 is 15.9 Å². The van der Waals surface area contributed by atoms with Crippen molar-refractivity contribution in [3.05, 3.63) is 69.1 Å². The quantitative estimate of drug-likeness (QED) is 0.594. The summed E-state index contributed by atoms with van der Waals surface area (Å²) in [6.07, 6.45) is 1.63. The molecular formula is C17H13Cl2N3O3S2. The number of hydrogen-bond donors (Lipinski definition) is 2. The Morgan fingerprint density at radius 3 is 2.44 bits per heavy atom. The third-order valence-corrected chi connectivity index (χ3v) is 6.36. The molecule has 2 N–H and O–H groups in total. The van der Waals surface area contributed by atoms with E-state index in [-0.39, 0.29) is 15.5 Å². The summed E-state index contributed by atoms with van der Waals surface area (Å²) in [5, 5.41) is 3.53. The molecule has 1 amide bonds. The average Bonchev–Trinajstić information content (AvgIpc) is 3.01. The number of nitrogens with zero attached hydrogens (tertiary/aromatic N) is 1. The highest BCUT2D eigenvalue weighted by molar-refractivity contribution is 7.92. The molecule has 1 heterocycles. The number of hydrogen-bond acceptors (Lipinski definition) is 5. The second-order valence-electron chi connectivity index (χ2n) is 5.49. The number of rotatable bonds is 5. The van der Waals surface area contributed by atoms with E-state index in [1.54, 1.807) is 18.3 Å². The highest BCUT2D eigenvalue weighted by atomic mass is 35.5. The molecule has 6 nitrogen and oxygen atoms in total. The number of anilines is 2. The molecular weight excluding hydrogens is 429 g/mol. The number of aryl methyl sites for hydroxylation is 1. The van der Waals surface area contributed by atoms with Crippen LogP contribution in [-0.4, -0.2) is 19.3 Å². The van der Waals surface area contributed by atoms with Crippen molar-refractivity contribution in [1.82, 2.24) is 4.98 Å². The van der Waals surface area contributed by atoms with Gasteiger partial charge in [-0.2, -0.15) is 0 Å². The minimum absolute atomic E-state index is 0.00175. The number of thiazole rings is 1. The molecule has 0 spiro atoms. The van der Waals surface area contributed by atoms with Crippen LogP contribution >= 0.6 is 34.5 Å². The molecule has 1 aromatic heterocycles. The van der Waals surface area contributed by atoms with Gasteiger partial charge in [0.2, 0.25) is 0 Å². The average molecular weight is 442 g/mol. The van der Waals surface area contributed by atoms with Crippen LogP contribution in [0.2, 0.25) is 10.0 Å². The Balaban J connectivity index is 1.87. The molecule has 0 aliphatic heterocycles. The van der Waals surface area contributed by atoms with Crippen molar-refractivity contribution in [3.63, 3.8) is 0 Å². The van der Waals surface area contributed by atoms with Gasteiger partial charge in [-0.25, -0.2) is 13.4 Å². The monoisotopic (exact) mass is 441 g/mol. The van der Waals surface area contributed by atoms with Gasteiger partial charge >= 0.3 is 0 Å². The number of nitrogens with one attached hydrogen (secondary N) is 2. The van der Waals surface area contributed by atoms with E-state index >= 15 is 0 Å². The molecule has 0 unspecified atom stereocenters. The third kappa shape index (κ3) is 4.78. The van der Waals surface area contributed by atoms with Gasteiger partial charge in [0, 0.05) is 27.3 Å². The number of benzene rings is 2. The van der Waals surface area contributed by atoms with Crippen LogP contribution in [0.25, 0.3) is 0 Å². The largest absolute Gasteiger partial charge is 0.298 e. The molecule has 0 fully saturated rings. The van der Waals surface area contributed by atoms with Gasteiger partial charge in [0.15, 0.2) is 5.13 Å². The fourth-order valence-electron chi connectivity index (χ4n) is 2.16. The number of aromatic nitrogens is 1. The molecule has 27 heavy (non-hydrogen) atoms. The van der Waals surface area contributed by atoms with Crippen LogP contribution in [0.4, 0.5) is 10.8 Å². The number of amides is 1. The molecule has 0 bridgehead atoms. The van der Waals surface area contributed by atoms with Crippen LogP contribution in [0.1, 0.15) is 15.2 Å². The van der Waals surface area contributed by atoms with Crippen LogP contribution in [0.3, 0.4) is 0 Å². The lowest BCUT2D eigenvalue weighted by Gasteiger charge is -2.11. The number of halogens is 2. The molecule has 0 aliphatic rings. The van der Waals surface area contributed by atoms with Crippen LogP contribution in [0.5, 0.6) is 0 Å². The summed E-state index contributed by atoms with van der Waals surface area (Å²) in [6.45, 7) is 1.86. The summed E-state index contributed by atoms with van der Waals surface area (Å²) in [6, 6.07) is 10.2. The van der Waals surface area contributed by atoms with Crippen molar-refractivity contribution >= 4 is 61.3 Å². The summed E-state index contributed by atoms with van der Waals surface area (Å²) >= 11 is 13.2. The molecule has 10 heteroatoms. The summed E-state index contributed by atoms with van der Waals surface area (Å²) in [4.78, 5) is 17.2. The van der Waals surface area contributed by atoms with E-state index in [4.69, 9.17) is 23.2 Å². The van der Waals surface area contributed by atoms with Crippen LogP contribution in [-0.2, 0) is 10.0 Å². The summed E-state index contributed by atoms with van der Waals surface area (Å²) < 4.78 is 27.8. The van der Waals surface area contributed by atoms with Gasteiger partial charge < -0.3 is 0 Å². The van der Waals surface area contributed by atoms with Crippen molar-refractivity contribution in [2.24, 2.45) is 0 Å². The molecule has 2 aromatic carbocycles. The van der Waals surface area contributed by atoms with Gasteiger partial charge in [-0.1, -0.05) is 23.2 Å². The fraction of sp³-hybridized carbons (Fsp3) is 0.0588. The highest BCUT2D eigenvalue weighted by Gasteiger charge is 2.21. The first-order valence-electron chi connectivity index (χ1n) is 7.56. The normalized spacial score (nSPS) is 11.2. The van der Waals surface area contributed by atoms with E-state index in [9.17, 15) is 13.2 Å². The summed E-state index contributed by atoms with van der Waals surface area (Å²) in [5.74, 6) is -0.482. The van der Waals surface area contributed by atoms with Crippen molar-refractivity contribution in [2.45, 2.75) is 11.8 Å². The smallest absolute Gasteiger partial charge is 0.263 e. The topological polar surface area (TPSA) is 88.2 Å². The lowest BCUT2D eigenvalue weighted by atomic mass is 10.2. The maximum Gasteiger partial charge on any atom is 0.263 e. The molecule has 3 rings (SSSR count). The lowest BCUT2D eigenvalue weighted by Crippen LogP contribution is -2.16. The van der Waals surface area contributed by atoms with E-state index in [0.717, 1.165) is 4.88 Å². The van der Waals surface area contributed by atoms with Crippen LogP contribution < -0.4 is 10.0 Å². The zero-order valence-electron chi connectivity index (χ0n) is 13.9. The molecule has 0 radical (unpaired) electrons. The van der Waals surface area contributed by atoms with E-state index in [1.807, 2.05) is 6.92 Å². The Labute approximate surface area is 170 Å². The van der Waals surface area contributed by atoms with Crippen LogP contribution in [0, 0.1) is 6.92 Å². The van der Waals surface area contributed by atoms with Crippen molar-refractivity contribution < 1.29 is 13.2 Å². The molecule has 0 aliphatic carbocycles. The first kappa shape index (κ1) is 19.6. The second kappa shape index (κ2) is 7.85. The number of sulfonamides is 1. The molecule has 140 valence electrons. The first-order valence-corrected chi connectivity index (χ1v) is 10.6. The Kier molecular flexibility index (Phi) is 5.71. The highest BCUT2D eigenvalue weighted by Crippen LogP contribution is 2.26. The Morgan fingerprint density at radius 2 is 1.81 bits per heavy atom. The predicted molar refractivity (Wildman–Crippen MR) is 109 cm³/mol. The van der Waals surface area contributed by atoms with Gasteiger partial charge in [-0.05, 0) is 49.4 Å². The number of carbonyl (C=O) groups excluding carboxylic acids is 1. The van der Waals surface area contributed by atoms with E-state index in [0.29, 0.717) is 15.8 Å². The minimum Gasteiger partial charge on any atom is -0.298 e. The summed E-state index contributed by atoms with van der Waals surface area (Å²) in [5.41, 5.74) is 0.465. The molecule has 0 atom stereocenters. The maximum absolute atomic E-state index is 12.7. The standard InChI is InChI=1S/C17H13Cl2N3O3S2/c1-10-9-20-17(26-10)21-16(23)11-2-7-14(19)15(8-11)27(24,25)22-13-5-3-12(18)4-6-13/h2-9,22H,1H3,(H,20,21,23). The van der Waals surface area contributed by atoms with Gasteiger partial charge in [0.25, 0.3) is 15.9 Å². The van der Waals surface area contributed by atoms with E-state index in [1.165, 1.54) is 41.7 Å². The Hall–Kier alpha value is -2.13. The SMILES string of the molecule is Cc1cnc(NC(=O)c2ccc(Cl)c(S(=O)(=O)Nc3ccc(Cl)cc3)c2)s1. The van der Waals surface area contributed by atoms with Crippen molar-refractivity contribution in [1.29, 1.82) is 0 Å². The van der Waals surface area contributed by atoms with Gasteiger partial charge in [0.05, 0.1) is 5.02 Å². The van der Waals surface area contributed by atoms with Crippen molar-refractivity contribution in [3.8, 4) is 0 Å². The first-order chi connectivity index (χ1) is 12.7. The molecule has 0 saturated heterocycles. The predicted octanol–water partition coefficient (Wildman–Crippen LogP) is 4.81. The van der Waals surface area contributed by atoms with E-state index in [2.05, 4.69) is 15.0 Å². The van der Waals surface area contributed by atoms with Crippen molar-refractivity contribution in [2.75, 3.05) is 10.0 Å². The number of carbonyl (C=O) groups is 1. The van der Waals surface area contributed by atoms with Gasteiger partial charge in [-0.15, -0.1) is 11.3 Å². The molecule has 3 aromatic rings. The zero-order chi connectivity index (χ0) is 19.6. The summed E-state index contributed by atoms with van der Waals surface area (Å²) in [7, 11) is -4.00. The zero-order valence-corrected chi connectivity index (χ0v) is 17.0. The van der Waals surface area contributed by atoms with Gasteiger partial charge in [0.1, 0.15) is 4.90 Å². The van der Waals surface area contributed by atoms with Gasteiger partial charge in [-0.3, -0.25) is 14.8 Å². The minimum atomic E-state index is -4.00. The lowest BCUT2D eigenvalue weighted by molar-refractivity contribution is 0.102. The third-order valence-electron chi connectivity index (χ3n) is 3.42. The van der Waals surface area contributed by atoms with Crippen LogP contribution in [0.15, 0.2) is 53.6 Å². The Morgan fingerprint density at radius 1 is 1.11 bits per heavy atom. The Bertz CT molecular complexity index is 1100. The fourth-order valence-corrected chi connectivity index (χ4v) is 4.53. The maximum atomic E-state index is 12.7. The molecule has 0 saturated carbocycles.